The molecule has 1 fully saturated rings. The summed E-state index contributed by atoms with van der Waals surface area (Å²) in [6.07, 6.45) is 3.70. The van der Waals surface area contributed by atoms with Gasteiger partial charge in [0.2, 0.25) is 0 Å². The van der Waals surface area contributed by atoms with Crippen LogP contribution in [0.3, 0.4) is 0 Å². The van der Waals surface area contributed by atoms with Gasteiger partial charge in [0.15, 0.2) is 4.96 Å². The van der Waals surface area contributed by atoms with Gasteiger partial charge in [0.1, 0.15) is 5.58 Å². The van der Waals surface area contributed by atoms with Crippen molar-refractivity contribution in [3.8, 4) is 11.3 Å². The van der Waals surface area contributed by atoms with E-state index in [0.29, 0.717) is 5.56 Å². The van der Waals surface area contributed by atoms with Crippen molar-refractivity contribution in [2.45, 2.75) is 6.54 Å². The van der Waals surface area contributed by atoms with Gasteiger partial charge in [-0.3, -0.25) is 14.1 Å². The molecule has 0 atom stereocenters. The van der Waals surface area contributed by atoms with Crippen molar-refractivity contribution in [1.82, 2.24) is 19.6 Å². The Hall–Kier alpha value is -3.46. The van der Waals surface area contributed by atoms with Crippen molar-refractivity contribution in [3.05, 3.63) is 77.6 Å². The Morgan fingerprint density at radius 3 is 2.94 bits per heavy atom. The maximum atomic E-state index is 13.0. The summed E-state index contributed by atoms with van der Waals surface area (Å²) in [5.41, 5.74) is 5.09. The Kier molecular flexibility index (Phi) is 5.18. The van der Waals surface area contributed by atoms with Crippen molar-refractivity contribution in [2.24, 2.45) is 0 Å². The number of aromatic nitrogens is 2. The zero-order valence-corrected chi connectivity index (χ0v) is 18.8. The van der Waals surface area contributed by atoms with E-state index in [1.807, 2.05) is 42.5 Å². The molecule has 33 heavy (non-hydrogen) atoms. The summed E-state index contributed by atoms with van der Waals surface area (Å²) in [6, 6.07) is 15.1. The number of thiazole rings is 1. The van der Waals surface area contributed by atoms with Crippen molar-refractivity contribution in [1.29, 1.82) is 0 Å². The molecule has 0 aliphatic carbocycles. The van der Waals surface area contributed by atoms with E-state index in [1.165, 1.54) is 5.69 Å². The SMILES string of the molecule is O=C(Nc1ccccc1-c1cn2c(CN3CCNCC3)csc2n1)c1ccc2occc2c1. The molecule has 0 radical (unpaired) electrons. The first-order valence-electron chi connectivity index (χ1n) is 11.0. The first-order valence-corrected chi connectivity index (χ1v) is 11.9. The summed E-state index contributed by atoms with van der Waals surface area (Å²) < 4.78 is 7.55. The van der Waals surface area contributed by atoms with Crippen LogP contribution < -0.4 is 10.6 Å². The van der Waals surface area contributed by atoms with Crippen LogP contribution in [-0.4, -0.2) is 46.4 Å². The highest BCUT2D eigenvalue weighted by atomic mass is 32.1. The van der Waals surface area contributed by atoms with Gasteiger partial charge in [0.05, 0.1) is 17.6 Å². The Morgan fingerprint density at radius 1 is 1.15 bits per heavy atom. The van der Waals surface area contributed by atoms with Gasteiger partial charge < -0.3 is 15.1 Å². The Morgan fingerprint density at radius 2 is 2.03 bits per heavy atom. The molecular formula is C25H23N5O2S. The number of nitrogens with one attached hydrogen (secondary N) is 2. The van der Waals surface area contributed by atoms with Gasteiger partial charge in [-0.05, 0) is 30.3 Å². The average molecular weight is 458 g/mol. The Bertz CT molecular complexity index is 1440. The summed E-state index contributed by atoms with van der Waals surface area (Å²) in [5, 5.41) is 9.56. The number of rotatable bonds is 5. The fourth-order valence-corrected chi connectivity index (χ4v) is 5.15. The maximum absolute atomic E-state index is 13.0. The molecule has 1 saturated heterocycles. The third-order valence-corrected chi connectivity index (χ3v) is 6.93. The lowest BCUT2D eigenvalue weighted by Gasteiger charge is -2.26. The van der Waals surface area contributed by atoms with Crippen LogP contribution in [0.4, 0.5) is 5.69 Å². The van der Waals surface area contributed by atoms with E-state index in [9.17, 15) is 4.79 Å². The summed E-state index contributed by atoms with van der Waals surface area (Å²) >= 11 is 1.65. The molecule has 2 aromatic carbocycles. The van der Waals surface area contributed by atoms with E-state index in [2.05, 4.69) is 31.5 Å². The topological polar surface area (TPSA) is 74.8 Å². The fourth-order valence-electron chi connectivity index (χ4n) is 4.29. The molecule has 1 aliphatic rings. The molecule has 1 aliphatic heterocycles. The van der Waals surface area contributed by atoms with E-state index in [4.69, 9.17) is 9.40 Å². The first-order chi connectivity index (χ1) is 16.2. The van der Waals surface area contributed by atoms with Crippen LogP contribution in [-0.2, 0) is 6.54 Å². The minimum atomic E-state index is -0.161. The third kappa shape index (κ3) is 3.93. The van der Waals surface area contributed by atoms with E-state index in [-0.39, 0.29) is 5.91 Å². The summed E-state index contributed by atoms with van der Waals surface area (Å²) in [6.45, 7) is 5.08. The van der Waals surface area contributed by atoms with Gasteiger partial charge in [-0.2, -0.15) is 0 Å². The zero-order chi connectivity index (χ0) is 22.2. The number of hydrogen-bond donors (Lipinski definition) is 2. The minimum Gasteiger partial charge on any atom is -0.464 e. The summed E-state index contributed by atoms with van der Waals surface area (Å²) in [4.78, 5) is 21.3. The number of amides is 1. The second-order valence-corrected chi connectivity index (χ2v) is 9.04. The quantitative estimate of drug-likeness (QED) is 0.407. The lowest BCUT2D eigenvalue weighted by molar-refractivity contribution is 0.102. The monoisotopic (exact) mass is 457 g/mol. The van der Waals surface area contributed by atoms with E-state index in [1.54, 1.807) is 23.7 Å². The normalized spacial score (nSPS) is 14.8. The van der Waals surface area contributed by atoms with Crippen LogP contribution in [0.25, 0.3) is 27.2 Å². The molecule has 5 aromatic rings. The van der Waals surface area contributed by atoms with Crippen molar-refractivity contribution >= 4 is 38.9 Å². The highest BCUT2D eigenvalue weighted by Crippen LogP contribution is 2.30. The summed E-state index contributed by atoms with van der Waals surface area (Å²) in [7, 11) is 0. The van der Waals surface area contributed by atoms with E-state index >= 15 is 0 Å². The van der Waals surface area contributed by atoms with Crippen molar-refractivity contribution in [3.63, 3.8) is 0 Å². The van der Waals surface area contributed by atoms with E-state index < -0.39 is 0 Å². The summed E-state index contributed by atoms with van der Waals surface area (Å²) in [5.74, 6) is -0.161. The number of benzene rings is 2. The van der Waals surface area contributed by atoms with Crippen LogP contribution in [0, 0.1) is 0 Å². The third-order valence-electron chi connectivity index (χ3n) is 6.04. The average Bonchev–Trinajstić information content (AvgIpc) is 3.57. The lowest BCUT2D eigenvalue weighted by Crippen LogP contribution is -2.43. The highest BCUT2D eigenvalue weighted by molar-refractivity contribution is 7.15. The van der Waals surface area contributed by atoms with Crippen LogP contribution in [0.2, 0.25) is 0 Å². The maximum Gasteiger partial charge on any atom is 0.255 e. The minimum absolute atomic E-state index is 0.161. The lowest BCUT2D eigenvalue weighted by atomic mass is 10.1. The number of carbonyl (C=O) groups is 1. The molecule has 8 heteroatoms. The van der Waals surface area contributed by atoms with Gasteiger partial charge in [0, 0.05) is 66.5 Å². The van der Waals surface area contributed by atoms with Gasteiger partial charge in [0.25, 0.3) is 5.91 Å². The number of hydrogen-bond acceptors (Lipinski definition) is 6. The number of furan rings is 1. The molecule has 4 heterocycles. The van der Waals surface area contributed by atoms with Gasteiger partial charge in [-0.1, -0.05) is 18.2 Å². The second kappa shape index (κ2) is 8.47. The fraction of sp³-hybridized carbons (Fsp3) is 0.200. The molecule has 166 valence electrons. The molecule has 3 aromatic heterocycles. The largest absolute Gasteiger partial charge is 0.464 e. The molecule has 7 nitrogen and oxygen atoms in total. The molecule has 2 N–H and O–H groups in total. The Balaban J connectivity index is 1.28. The van der Waals surface area contributed by atoms with Gasteiger partial charge in [-0.25, -0.2) is 4.98 Å². The zero-order valence-electron chi connectivity index (χ0n) is 18.0. The molecule has 6 rings (SSSR count). The number of anilines is 1. The van der Waals surface area contributed by atoms with Crippen LogP contribution >= 0.6 is 11.3 Å². The molecule has 1 amide bonds. The van der Waals surface area contributed by atoms with Crippen molar-refractivity contribution in [2.75, 3.05) is 31.5 Å². The molecule has 0 saturated carbocycles. The molecular weight excluding hydrogens is 434 g/mol. The number of piperazine rings is 1. The molecule has 0 spiro atoms. The van der Waals surface area contributed by atoms with Crippen LogP contribution in [0.15, 0.2) is 70.8 Å². The smallest absolute Gasteiger partial charge is 0.255 e. The first kappa shape index (κ1) is 20.2. The van der Waals surface area contributed by atoms with Crippen LogP contribution in [0.1, 0.15) is 16.1 Å². The molecule has 0 unspecified atom stereocenters. The Labute approximate surface area is 194 Å². The predicted octanol–water partition coefficient (Wildman–Crippen LogP) is 4.47. The number of fused-ring (bicyclic) bond motifs is 2. The van der Waals surface area contributed by atoms with Gasteiger partial charge in [-0.15, -0.1) is 11.3 Å². The number of nitrogens with zero attached hydrogens (tertiary/aromatic N) is 3. The van der Waals surface area contributed by atoms with Gasteiger partial charge >= 0.3 is 0 Å². The highest BCUT2D eigenvalue weighted by Gasteiger charge is 2.17. The number of para-hydroxylation sites is 1. The van der Waals surface area contributed by atoms with Crippen molar-refractivity contribution < 1.29 is 9.21 Å². The standard InChI is InChI=1S/C25H23N5O2S/c31-24(18-5-6-23-17(13-18)7-12-32-23)27-21-4-2-1-3-20(21)22-15-30-19(16-33-25(30)28-22)14-29-10-8-26-9-11-29/h1-7,12-13,15-16,26H,8-11,14H2,(H,27,31). The number of imidazole rings is 1. The molecule has 0 bridgehead atoms. The number of carbonyl (C=O) groups excluding carboxylic acids is 1. The van der Waals surface area contributed by atoms with E-state index in [0.717, 1.165) is 65.6 Å². The van der Waals surface area contributed by atoms with Crippen LogP contribution in [0.5, 0.6) is 0 Å². The second-order valence-electron chi connectivity index (χ2n) is 8.20. The predicted molar refractivity (Wildman–Crippen MR) is 131 cm³/mol.